The van der Waals surface area contributed by atoms with E-state index in [9.17, 15) is 13.2 Å². The topological polar surface area (TPSA) is 88.2 Å². The summed E-state index contributed by atoms with van der Waals surface area (Å²) >= 11 is 0. The van der Waals surface area contributed by atoms with Crippen LogP contribution in [0.3, 0.4) is 0 Å². The molecule has 0 unspecified atom stereocenters. The number of benzene rings is 1. The molecular weight excluding hydrogens is 334 g/mol. The molecule has 1 fully saturated rings. The number of sulfonamides is 1. The summed E-state index contributed by atoms with van der Waals surface area (Å²) in [5.74, 6) is 0.0325. The molecule has 1 aliphatic rings. The average molecular weight is 357 g/mol. The molecule has 1 N–H and O–H groups in total. The summed E-state index contributed by atoms with van der Waals surface area (Å²) in [5.41, 5.74) is 0.412. The van der Waals surface area contributed by atoms with E-state index in [0.717, 1.165) is 4.31 Å². The quantitative estimate of drug-likeness (QED) is 0.783. The summed E-state index contributed by atoms with van der Waals surface area (Å²) in [6.45, 7) is 2.87. The third-order valence-corrected chi connectivity index (χ3v) is 5.51. The van der Waals surface area contributed by atoms with E-state index in [2.05, 4.69) is 5.32 Å². The SMILES string of the molecule is COc1ccc(NC(=O)CN2CCOCC2)cc1S(=O)(=O)N(C)C. The Morgan fingerprint density at radius 2 is 2.00 bits per heavy atom. The Morgan fingerprint density at radius 3 is 2.58 bits per heavy atom. The van der Waals surface area contributed by atoms with Crippen molar-refractivity contribution in [1.82, 2.24) is 9.21 Å². The second-order valence-corrected chi connectivity index (χ2v) is 7.71. The van der Waals surface area contributed by atoms with Crippen molar-refractivity contribution in [3.63, 3.8) is 0 Å². The molecular formula is C15H23N3O5S. The lowest BCUT2D eigenvalue weighted by atomic mass is 10.3. The predicted molar refractivity (Wildman–Crippen MR) is 89.8 cm³/mol. The number of methoxy groups -OCH3 is 1. The lowest BCUT2D eigenvalue weighted by Gasteiger charge is -2.25. The first-order valence-electron chi connectivity index (χ1n) is 7.55. The number of anilines is 1. The third kappa shape index (κ3) is 4.44. The van der Waals surface area contributed by atoms with Crippen molar-refractivity contribution in [2.45, 2.75) is 4.90 Å². The monoisotopic (exact) mass is 357 g/mol. The van der Waals surface area contributed by atoms with Crippen LogP contribution in [0.5, 0.6) is 5.75 Å². The van der Waals surface area contributed by atoms with Crippen LogP contribution in [0, 0.1) is 0 Å². The number of morpholine rings is 1. The van der Waals surface area contributed by atoms with E-state index in [0.29, 0.717) is 32.0 Å². The Morgan fingerprint density at radius 1 is 1.33 bits per heavy atom. The van der Waals surface area contributed by atoms with E-state index < -0.39 is 10.0 Å². The van der Waals surface area contributed by atoms with Crippen molar-refractivity contribution >= 4 is 21.6 Å². The number of amides is 1. The summed E-state index contributed by atoms with van der Waals surface area (Å²) in [4.78, 5) is 14.1. The van der Waals surface area contributed by atoms with Gasteiger partial charge in [0.15, 0.2) is 0 Å². The molecule has 9 heteroatoms. The van der Waals surface area contributed by atoms with Crippen LogP contribution in [-0.2, 0) is 19.6 Å². The van der Waals surface area contributed by atoms with E-state index in [4.69, 9.17) is 9.47 Å². The summed E-state index contributed by atoms with van der Waals surface area (Å²) in [6, 6.07) is 4.55. The largest absolute Gasteiger partial charge is 0.495 e. The maximum absolute atomic E-state index is 12.4. The molecule has 1 aromatic rings. The van der Waals surface area contributed by atoms with Crippen LogP contribution in [0.25, 0.3) is 0 Å². The van der Waals surface area contributed by atoms with E-state index in [-0.39, 0.29) is 23.1 Å². The van der Waals surface area contributed by atoms with Gasteiger partial charge in [-0.1, -0.05) is 0 Å². The van der Waals surface area contributed by atoms with Gasteiger partial charge in [-0.25, -0.2) is 12.7 Å². The number of nitrogens with one attached hydrogen (secondary N) is 1. The minimum atomic E-state index is -3.68. The maximum Gasteiger partial charge on any atom is 0.246 e. The van der Waals surface area contributed by atoms with Gasteiger partial charge in [-0.05, 0) is 18.2 Å². The molecule has 0 spiro atoms. The summed E-state index contributed by atoms with van der Waals surface area (Å²) in [7, 11) is 0.614. The van der Waals surface area contributed by atoms with Gasteiger partial charge in [-0.15, -0.1) is 0 Å². The van der Waals surface area contributed by atoms with Crippen LogP contribution >= 0.6 is 0 Å². The lowest BCUT2D eigenvalue weighted by molar-refractivity contribution is -0.118. The van der Waals surface area contributed by atoms with Crippen molar-refractivity contribution in [3.05, 3.63) is 18.2 Å². The second-order valence-electron chi connectivity index (χ2n) is 5.59. The zero-order valence-electron chi connectivity index (χ0n) is 14.1. The maximum atomic E-state index is 12.4. The van der Waals surface area contributed by atoms with Crippen LogP contribution in [-0.4, -0.2) is 77.6 Å². The Hall–Kier alpha value is -1.68. The molecule has 1 heterocycles. The first kappa shape index (κ1) is 18.7. The fraction of sp³-hybridized carbons (Fsp3) is 0.533. The van der Waals surface area contributed by atoms with Gasteiger partial charge in [0.2, 0.25) is 15.9 Å². The molecule has 0 radical (unpaired) electrons. The number of carbonyl (C=O) groups is 1. The molecule has 1 aromatic carbocycles. The van der Waals surface area contributed by atoms with E-state index in [1.165, 1.54) is 33.3 Å². The van der Waals surface area contributed by atoms with Crippen LogP contribution in [0.4, 0.5) is 5.69 Å². The Labute approximate surface area is 142 Å². The van der Waals surface area contributed by atoms with Crippen LogP contribution < -0.4 is 10.1 Å². The molecule has 24 heavy (non-hydrogen) atoms. The van der Waals surface area contributed by atoms with Gasteiger partial charge in [0.25, 0.3) is 0 Å². The highest BCUT2D eigenvalue weighted by molar-refractivity contribution is 7.89. The molecule has 0 atom stereocenters. The van der Waals surface area contributed by atoms with Crippen molar-refractivity contribution in [2.24, 2.45) is 0 Å². The number of rotatable bonds is 6. The number of ether oxygens (including phenoxy) is 2. The molecule has 0 saturated carbocycles. The summed E-state index contributed by atoms with van der Waals surface area (Å²) < 4.78 is 36.2. The fourth-order valence-corrected chi connectivity index (χ4v) is 3.39. The first-order valence-corrected chi connectivity index (χ1v) is 8.99. The van der Waals surface area contributed by atoms with Crippen LogP contribution in [0.1, 0.15) is 0 Å². The van der Waals surface area contributed by atoms with Crippen molar-refractivity contribution in [1.29, 1.82) is 0 Å². The zero-order chi connectivity index (χ0) is 17.7. The highest BCUT2D eigenvalue weighted by Crippen LogP contribution is 2.28. The Balaban J connectivity index is 2.15. The molecule has 2 rings (SSSR count). The minimum absolute atomic E-state index is 0.0131. The van der Waals surface area contributed by atoms with Crippen molar-refractivity contribution in [2.75, 3.05) is 59.4 Å². The molecule has 134 valence electrons. The molecule has 1 aliphatic heterocycles. The van der Waals surface area contributed by atoms with Gasteiger partial charge in [-0.2, -0.15) is 0 Å². The smallest absolute Gasteiger partial charge is 0.246 e. The summed E-state index contributed by atoms with van der Waals surface area (Å²) in [6.07, 6.45) is 0. The van der Waals surface area contributed by atoms with Gasteiger partial charge in [-0.3, -0.25) is 9.69 Å². The first-order chi connectivity index (χ1) is 11.3. The van der Waals surface area contributed by atoms with E-state index in [1.54, 1.807) is 6.07 Å². The van der Waals surface area contributed by atoms with Crippen LogP contribution in [0.2, 0.25) is 0 Å². The number of carbonyl (C=O) groups excluding carboxylic acids is 1. The predicted octanol–water partition coefficient (Wildman–Crippen LogP) is 0.216. The van der Waals surface area contributed by atoms with E-state index >= 15 is 0 Å². The van der Waals surface area contributed by atoms with Gasteiger partial charge in [0.05, 0.1) is 26.9 Å². The van der Waals surface area contributed by atoms with Gasteiger partial charge in [0.1, 0.15) is 10.6 Å². The zero-order valence-corrected chi connectivity index (χ0v) is 14.9. The Kier molecular flexibility index (Phi) is 6.16. The van der Waals surface area contributed by atoms with Crippen LogP contribution in [0.15, 0.2) is 23.1 Å². The molecule has 1 saturated heterocycles. The Bertz CT molecular complexity index is 684. The van der Waals surface area contributed by atoms with Crippen molar-refractivity contribution < 1.29 is 22.7 Å². The number of nitrogens with zero attached hydrogens (tertiary/aromatic N) is 2. The second kappa shape index (κ2) is 7.93. The molecule has 0 aliphatic carbocycles. The van der Waals surface area contributed by atoms with E-state index in [1.807, 2.05) is 4.90 Å². The normalized spacial score (nSPS) is 16.2. The minimum Gasteiger partial charge on any atom is -0.495 e. The molecule has 0 aromatic heterocycles. The fourth-order valence-electron chi connectivity index (χ4n) is 2.32. The van der Waals surface area contributed by atoms with Gasteiger partial charge >= 0.3 is 0 Å². The van der Waals surface area contributed by atoms with Gasteiger partial charge in [0, 0.05) is 32.9 Å². The number of hydrogen-bond donors (Lipinski definition) is 1. The van der Waals surface area contributed by atoms with Crippen molar-refractivity contribution in [3.8, 4) is 5.75 Å². The average Bonchev–Trinajstić information content (AvgIpc) is 2.55. The standard InChI is InChI=1S/C15H23N3O5S/c1-17(2)24(20,21)14-10-12(4-5-13(14)22-3)16-15(19)11-18-6-8-23-9-7-18/h4-5,10H,6-9,11H2,1-3H3,(H,16,19). The summed E-state index contributed by atoms with van der Waals surface area (Å²) in [5, 5.41) is 2.73. The lowest BCUT2D eigenvalue weighted by Crippen LogP contribution is -2.41. The highest BCUT2D eigenvalue weighted by Gasteiger charge is 2.23. The number of hydrogen-bond acceptors (Lipinski definition) is 6. The molecule has 8 nitrogen and oxygen atoms in total. The molecule has 0 bridgehead atoms. The van der Waals surface area contributed by atoms with Gasteiger partial charge < -0.3 is 14.8 Å². The highest BCUT2D eigenvalue weighted by atomic mass is 32.2. The third-order valence-electron chi connectivity index (χ3n) is 3.68. The molecule has 1 amide bonds.